The maximum atomic E-state index is 12.3. The van der Waals surface area contributed by atoms with E-state index in [9.17, 15) is 14.4 Å². The van der Waals surface area contributed by atoms with Gasteiger partial charge in [-0.1, -0.05) is 29.8 Å². The molecule has 2 amide bonds. The summed E-state index contributed by atoms with van der Waals surface area (Å²) in [6.07, 6.45) is 0.0712. The van der Waals surface area contributed by atoms with Gasteiger partial charge in [0.1, 0.15) is 0 Å². The zero-order valence-corrected chi connectivity index (χ0v) is 16.5. The third-order valence-corrected chi connectivity index (χ3v) is 5.07. The number of halogens is 1. The van der Waals surface area contributed by atoms with Crippen LogP contribution in [0, 0.1) is 19.8 Å². The molecule has 2 aromatic rings. The zero-order chi connectivity index (χ0) is 20.3. The minimum absolute atomic E-state index is 0.0712. The number of anilines is 2. The SMILES string of the molecule is Cc1cccc(N2C[C@@H](C(=O)OCC(=O)Nc3cccc(Cl)c3C)CC2=O)c1. The van der Waals surface area contributed by atoms with Crippen molar-refractivity contribution in [1.29, 1.82) is 0 Å². The number of esters is 1. The number of amides is 2. The Morgan fingerprint density at radius 2 is 1.96 bits per heavy atom. The second-order valence-electron chi connectivity index (χ2n) is 6.81. The average Bonchev–Trinajstić information content (AvgIpc) is 3.05. The number of nitrogens with one attached hydrogen (secondary N) is 1. The van der Waals surface area contributed by atoms with Crippen molar-refractivity contribution < 1.29 is 19.1 Å². The van der Waals surface area contributed by atoms with Gasteiger partial charge in [-0.3, -0.25) is 14.4 Å². The van der Waals surface area contributed by atoms with Gasteiger partial charge in [-0.2, -0.15) is 0 Å². The van der Waals surface area contributed by atoms with E-state index >= 15 is 0 Å². The summed E-state index contributed by atoms with van der Waals surface area (Å²) in [5, 5.41) is 3.21. The van der Waals surface area contributed by atoms with Gasteiger partial charge in [0.05, 0.1) is 5.92 Å². The lowest BCUT2D eigenvalue weighted by Crippen LogP contribution is -2.28. The standard InChI is InChI=1S/C21H21ClN2O4/c1-13-5-3-6-16(9-13)24-11-15(10-20(24)26)21(27)28-12-19(25)23-18-8-4-7-17(22)14(18)2/h3-9,15H,10-12H2,1-2H3,(H,23,25)/t15-/m0/s1. The number of carbonyl (C=O) groups is 3. The van der Waals surface area contributed by atoms with E-state index in [1.54, 1.807) is 30.0 Å². The first-order valence-corrected chi connectivity index (χ1v) is 9.31. The quantitative estimate of drug-likeness (QED) is 0.779. The fourth-order valence-corrected chi connectivity index (χ4v) is 3.27. The molecule has 1 saturated heterocycles. The van der Waals surface area contributed by atoms with Gasteiger partial charge in [0.25, 0.3) is 5.91 Å². The molecule has 1 aliphatic heterocycles. The van der Waals surface area contributed by atoms with E-state index in [1.807, 2.05) is 31.2 Å². The van der Waals surface area contributed by atoms with Crippen molar-refractivity contribution >= 4 is 40.8 Å². The zero-order valence-electron chi connectivity index (χ0n) is 15.7. The molecule has 2 aromatic carbocycles. The van der Waals surface area contributed by atoms with Gasteiger partial charge in [0.2, 0.25) is 5.91 Å². The first kappa shape index (κ1) is 19.9. The van der Waals surface area contributed by atoms with E-state index in [4.69, 9.17) is 16.3 Å². The monoisotopic (exact) mass is 400 g/mol. The van der Waals surface area contributed by atoms with Crippen molar-refractivity contribution in [3.63, 3.8) is 0 Å². The molecule has 0 bridgehead atoms. The van der Waals surface area contributed by atoms with E-state index in [2.05, 4.69) is 5.32 Å². The average molecular weight is 401 g/mol. The molecule has 0 unspecified atom stereocenters. The molecule has 0 spiro atoms. The van der Waals surface area contributed by atoms with Gasteiger partial charge < -0.3 is 15.0 Å². The largest absolute Gasteiger partial charge is 0.455 e. The summed E-state index contributed by atoms with van der Waals surface area (Å²) in [7, 11) is 0. The number of nitrogens with zero attached hydrogens (tertiary/aromatic N) is 1. The molecule has 1 N–H and O–H groups in total. The van der Waals surface area contributed by atoms with Crippen molar-refractivity contribution in [3.05, 3.63) is 58.6 Å². The van der Waals surface area contributed by atoms with Crippen molar-refractivity contribution in [2.24, 2.45) is 5.92 Å². The molecule has 1 atom stereocenters. The normalized spacial score (nSPS) is 16.2. The Labute approximate surface area is 168 Å². The van der Waals surface area contributed by atoms with Gasteiger partial charge in [-0.15, -0.1) is 0 Å². The van der Waals surface area contributed by atoms with E-state index in [-0.39, 0.29) is 18.9 Å². The lowest BCUT2D eigenvalue weighted by atomic mass is 10.1. The van der Waals surface area contributed by atoms with Crippen LogP contribution in [0.3, 0.4) is 0 Å². The molecule has 0 aliphatic carbocycles. The van der Waals surface area contributed by atoms with E-state index < -0.39 is 24.4 Å². The van der Waals surface area contributed by atoms with Gasteiger partial charge in [-0.05, 0) is 49.2 Å². The molecule has 3 rings (SSSR count). The lowest BCUT2D eigenvalue weighted by molar-refractivity contribution is -0.151. The Balaban J connectivity index is 1.54. The number of benzene rings is 2. The van der Waals surface area contributed by atoms with Crippen LogP contribution in [0.5, 0.6) is 0 Å². The summed E-state index contributed by atoms with van der Waals surface area (Å²) in [4.78, 5) is 38.2. The van der Waals surface area contributed by atoms with E-state index in [0.717, 1.165) is 16.8 Å². The molecule has 28 heavy (non-hydrogen) atoms. The smallest absolute Gasteiger partial charge is 0.311 e. The van der Waals surface area contributed by atoms with Crippen molar-refractivity contribution in [3.8, 4) is 0 Å². The summed E-state index contributed by atoms with van der Waals surface area (Å²) >= 11 is 6.03. The summed E-state index contributed by atoms with van der Waals surface area (Å²) < 4.78 is 5.12. The van der Waals surface area contributed by atoms with Gasteiger partial charge in [0.15, 0.2) is 6.61 Å². The van der Waals surface area contributed by atoms with Gasteiger partial charge >= 0.3 is 5.97 Å². The van der Waals surface area contributed by atoms with Crippen molar-refractivity contribution in [2.45, 2.75) is 20.3 Å². The van der Waals surface area contributed by atoms with Crippen LogP contribution in [0.2, 0.25) is 5.02 Å². The Bertz CT molecular complexity index is 928. The first-order chi connectivity index (χ1) is 13.3. The summed E-state index contributed by atoms with van der Waals surface area (Å²) in [5.41, 5.74) is 3.09. The van der Waals surface area contributed by atoms with Crippen LogP contribution in [-0.4, -0.2) is 30.9 Å². The van der Waals surface area contributed by atoms with E-state index in [0.29, 0.717) is 10.7 Å². The molecule has 0 saturated carbocycles. The predicted octanol–water partition coefficient (Wildman–Crippen LogP) is 3.49. The molecule has 7 heteroatoms. The topological polar surface area (TPSA) is 75.7 Å². The number of aryl methyl sites for hydroxylation is 1. The molecular weight excluding hydrogens is 380 g/mol. The highest BCUT2D eigenvalue weighted by molar-refractivity contribution is 6.31. The second-order valence-corrected chi connectivity index (χ2v) is 7.22. The molecule has 0 aromatic heterocycles. The highest BCUT2D eigenvalue weighted by Gasteiger charge is 2.36. The molecule has 6 nitrogen and oxygen atoms in total. The van der Waals surface area contributed by atoms with Crippen LogP contribution >= 0.6 is 11.6 Å². The van der Waals surface area contributed by atoms with Gasteiger partial charge in [0, 0.05) is 29.4 Å². The van der Waals surface area contributed by atoms with Crippen LogP contribution in [-0.2, 0) is 19.1 Å². The third-order valence-electron chi connectivity index (χ3n) is 4.66. The fraction of sp³-hybridized carbons (Fsp3) is 0.286. The molecule has 1 heterocycles. The second kappa shape index (κ2) is 8.44. The molecule has 0 radical (unpaired) electrons. The maximum absolute atomic E-state index is 12.3. The summed E-state index contributed by atoms with van der Waals surface area (Å²) in [6.45, 7) is 3.56. The number of hydrogen-bond acceptors (Lipinski definition) is 4. The number of hydrogen-bond donors (Lipinski definition) is 1. The predicted molar refractivity (Wildman–Crippen MR) is 107 cm³/mol. The molecule has 1 fully saturated rings. The highest BCUT2D eigenvalue weighted by Crippen LogP contribution is 2.26. The van der Waals surface area contributed by atoms with E-state index in [1.165, 1.54) is 0 Å². The van der Waals surface area contributed by atoms with Gasteiger partial charge in [-0.25, -0.2) is 0 Å². The maximum Gasteiger partial charge on any atom is 0.311 e. The van der Waals surface area contributed by atoms with Crippen LogP contribution in [0.1, 0.15) is 17.5 Å². The number of carbonyl (C=O) groups excluding carboxylic acids is 3. The Kier molecular flexibility index (Phi) is 5.99. The minimum Gasteiger partial charge on any atom is -0.455 e. The number of ether oxygens (including phenoxy) is 1. The van der Waals surface area contributed by atoms with Crippen molar-refractivity contribution in [2.75, 3.05) is 23.4 Å². The van der Waals surface area contributed by atoms with Crippen LogP contribution < -0.4 is 10.2 Å². The fourth-order valence-electron chi connectivity index (χ4n) is 3.09. The van der Waals surface area contributed by atoms with Crippen LogP contribution in [0.15, 0.2) is 42.5 Å². The first-order valence-electron chi connectivity index (χ1n) is 8.94. The lowest BCUT2D eigenvalue weighted by Gasteiger charge is -2.17. The minimum atomic E-state index is -0.589. The van der Waals surface area contributed by atoms with Crippen LogP contribution in [0.4, 0.5) is 11.4 Å². The van der Waals surface area contributed by atoms with Crippen molar-refractivity contribution in [1.82, 2.24) is 0 Å². The summed E-state index contributed by atoms with van der Waals surface area (Å²) in [6, 6.07) is 12.7. The highest BCUT2D eigenvalue weighted by atomic mass is 35.5. The third kappa shape index (κ3) is 4.51. The molecule has 1 aliphatic rings. The molecule has 146 valence electrons. The Morgan fingerprint density at radius 1 is 1.21 bits per heavy atom. The Morgan fingerprint density at radius 3 is 2.71 bits per heavy atom. The Hall–Kier alpha value is -2.86. The number of rotatable bonds is 5. The molecular formula is C21H21ClN2O4. The van der Waals surface area contributed by atoms with Crippen LogP contribution in [0.25, 0.3) is 0 Å². The summed E-state index contributed by atoms with van der Waals surface area (Å²) in [5.74, 6) is -1.74.